The summed E-state index contributed by atoms with van der Waals surface area (Å²) in [7, 11) is 0. The highest BCUT2D eigenvalue weighted by Crippen LogP contribution is 2.20. The number of amides is 1. The molecule has 1 aromatic carbocycles. The monoisotopic (exact) mass is 324 g/mol. The van der Waals surface area contributed by atoms with Gasteiger partial charge in [0.25, 0.3) is 0 Å². The van der Waals surface area contributed by atoms with E-state index in [1.165, 1.54) is 6.42 Å². The Labute approximate surface area is 137 Å². The number of hydrogen-bond donors (Lipinski definition) is 1. The van der Waals surface area contributed by atoms with Crippen LogP contribution in [0.1, 0.15) is 20.3 Å². The quantitative estimate of drug-likeness (QED) is 0.818. The molecule has 4 nitrogen and oxygen atoms in total. The van der Waals surface area contributed by atoms with Crippen molar-refractivity contribution in [1.29, 1.82) is 0 Å². The zero-order valence-corrected chi connectivity index (χ0v) is 14.1. The van der Waals surface area contributed by atoms with E-state index in [0.29, 0.717) is 36.6 Å². The van der Waals surface area contributed by atoms with Crippen molar-refractivity contribution in [3.05, 3.63) is 29.3 Å². The average Bonchev–Trinajstić information content (AvgIpc) is 2.44. The van der Waals surface area contributed by atoms with Crippen LogP contribution in [-0.2, 0) is 4.79 Å². The number of carbonyl (C=O) groups is 1. The molecule has 5 heteroatoms. The minimum atomic E-state index is 0.0704. The summed E-state index contributed by atoms with van der Waals surface area (Å²) in [4.78, 5) is 14.2. The molecule has 1 fully saturated rings. The van der Waals surface area contributed by atoms with Gasteiger partial charge in [0.2, 0.25) is 5.91 Å². The Morgan fingerprint density at radius 3 is 2.55 bits per heavy atom. The number of halogens is 1. The van der Waals surface area contributed by atoms with Gasteiger partial charge in [-0.1, -0.05) is 25.4 Å². The van der Waals surface area contributed by atoms with Gasteiger partial charge >= 0.3 is 0 Å². The van der Waals surface area contributed by atoms with E-state index in [2.05, 4.69) is 24.1 Å². The molecule has 1 aliphatic heterocycles. The Balaban J connectivity index is 1.62. The molecule has 1 aromatic rings. The summed E-state index contributed by atoms with van der Waals surface area (Å²) in [5.41, 5.74) is 0. The summed E-state index contributed by atoms with van der Waals surface area (Å²) in [6, 6.07) is 7.21. The van der Waals surface area contributed by atoms with E-state index < -0.39 is 0 Å². The summed E-state index contributed by atoms with van der Waals surface area (Å²) < 4.78 is 5.55. The Kier molecular flexibility index (Phi) is 6.52. The lowest BCUT2D eigenvalue weighted by Crippen LogP contribution is -2.45. The molecule has 122 valence electrons. The van der Waals surface area contributed by atoms with E-state index in [0.717, 1.165) is 18.8 Å². The molecule has 2 rings (SSSR count). The summed E-state index contributed by atoms with van der Waals surface area (Å²) in [6.07, 6.45) is 1.26. The van der Waals surface area contributed by atoms with Crippen molar-refractivity contribution in [2.24, 2.45) is 11.8 Å². The third-order valence-corrected chi connectivity index (χ3v) is 4.07. The maximum atomic E-state index is 12.0. The second kappa shape index (κ2) is 8.39. The summed E-state index contributed by atoms with van der Waals surface area (Å²) >= 11 is 5.81. The van der Waals surface area contributed by atoms with E-state index in [9.17, 15) is 4.79 Å². The van der Waals surface area contributed by atoms with Crippen molar-refractivity contribution in [2.75, 3.05) is 32.8 Å². The number of piperidine rings is 1. The van der Waals surface area contributed by atoms with Gasteiger partial charge in [0.15, 0.2) is 0 Å². The Morgan fingerprint density at radius 1 is 1.27 bits per heavy atom. The van der Waals surface area contributed by atoms with Crippen molar-refractivity contribution in [3.63, 3.8) is 0 Å². The van der Waals surface area contributed by atoms with Crippen LogP contribution in [0.2, 0.25) is 5.02 Å². The molecule has 1 saturated heterocycles. The average molecular weight is 325 g/mol. The SMILES string of the molecule is C[C@@H]1C[C@H](C)CN(CC(=O)NCCOc2ccc(Cl)cc2)C1. The number of rotatable bonds is 6. The molecule has 2 atom stereocenters. The van der Waals surface area contributed by atoms with Gasteiger partial charge in [-0.15, -0.1) is 0 Å². The van der Waals surface area contributed by atoms with Crippen LogP contribution in [0.25, 0.3) is 0 Å². The number of benzene rings is 1. The molecule has 1 aliphatic rings. The van der Waals surface area contributed by atoms with Crippen LogP contribution in [0.15, 0.2) is 24.3 Å². The van der Waals surface area contributed by atoms with Crippen molar-refractivity contribution < 1.29 is 9.53 Å². The van der Waals surface area contributed by atoms with Gasteiger partial charge in [0.05, 0.1) is 13.1 Å². The molecule has 0 saturated carbocycles. The fourth-order valence-electron chi connectivity index (χ4n) is 3.07. The first-order valence-corrected chi connectivity index (χ1v) is 8.28. The highest BCUT2D eigenvalue weighted by atomic mass is 35.5. The third-order valence-electron chi connectivity index (χ3n) is 3.82. The fraction of sp³-hybridized carbons (Fsp3) is 0.588. The van der Waals surface area contributed by atoms with Crippen molar-refractivity contribution in [1.82, 2.24) is 10.2 Å². The zero-order chi connectivity index (χ0) is 15.9. The van der Waals surface area contributed by atoms with Crippen LogP contribution in [0, 0.1) is 11.8 Å². The lowest BCUT2D eigenvalue weighted by Gasteiger charge is -2.34. The Morgan fingerprint density at radius 2 is 1.91 bits per heavy atom. The van der Waals surface area contributed by atoms with Crippen LogP contribution in [0.3, 0.4) is 0 Å². The number of hydrogen-bond acceptors (Lipinski definition) is 3. The lowest BCUT2D eigenvalue weighted by molar-refractivity contribution is -0.122. The van der Waals surface area contributed by atoms with Gasteiger partial charge in [0.1, 0.15) is 12.4 Å². The predicted molar refractivity (Wildman–Crippen MR) is 89.3 cm³/mol. The topological polar surface area (TPSA) is 41.6 Å². The molecule has 1 amide bonds. The molecule has 0 aromatic heterocycles. The summed E-state index contributed by atoms with van der Waals surface area (Å²) in [5.74, 6) is 2.17. The molecule has 0 unspecified atom stereocenters. The second-order valence-corrected chi connectivity index (χ2v) is 6.73. The zero-order valence-electron chi connectivity index (χ0n) is 13.3. The standard InChI is InChI=1S/C17H25ClN2O2/c1-13-9-14(2)11-20(10-13)12-17(21)19-7-8-22-16-5-3-15(18)4-6-16/h3-6,13-14H,7-12H2,1-2H3,(H,19,21)/t13-,14+. The molecule has 0 radical (unpaired) electrons. The predicted octanol–water partition coefficient (Wildman–Crippen LogP) is 2.81. The number of ether oxygens (including phenoxy) is 1. The maximum Gasteiger partial charge on any atom is 0.234 e. The number of likely N-dealkylation sites (tertiary alicyclic amines) is 1. The normalized spacial score (nSPS) is 22.3. The van der Waals surface area contributed by atoms with Gasteiger partial charge in [-0.2, -0.15) is 0 Å². The number of nitrogens with one attached hydrogen (secondary N) is 1. The molecule has 1 N–H and O–H groups in total. The minimum Gasteiger partial charge on any atom is -0.492 e. The molecule has 0 spiro atoms. The van der Waals surface area contributed by atoms with Crippen LogP contribution in [0.4, 0.5) is 0 Å². The van der Waals surface area contributed by atoms with Crippen molar-refractivity contribution in [2.45, 2.75) is 20.3 Å². The van der Waals surface area contributed by atoms with Crippen LogP contribution in [-0.4, -0.2) is 43.6 Å². The van der Waals surface area contributed by atoms with Gasteiger partial charge in [-0.05, 0) is 42.5 Å². The Bertz CT molecular complexity index is 468. The largest absolute Gasteiger partial charge is 0.492 e. The molecule has 0 bridgehead atoms. The second-order valence-electron chi connectivity index (χ2n) is 6.29. The maximum absolute atomic E-state index is 12.0. The summed E-state index contributed by atoms with van der Waals surface area (Å²) in [6.45, 7) is 7.98. The van der Waals surface area contributed by atoms with Crippen molar-refractivity contribution in [3.8, 4) is 5.75 Å². The van der Waals surface area contributed by atoms with Gasteiger partial charge in [-0.3, -0.25) is 9.69 Å². The van der Waals surface area contributed by atoms with Gasteiger partial charge < -0.3 is 10.1 Å². The minimum absolute atomic E-state index is 0.0704. The van der Waals surface area contributed by atoms with E-state index in [1.807, 2.05) is 12.1 Å². The molecule has 0 aliphatic carbocycles. The van der Waals surface area contributed by atoms with E-state index in [4.69, 9.17) is 16.3 Å². The highest BCUT2D eigenvalue weighted by Gasteiger charge is 2.22. The lowest BCUT2D eigenvalue weighted by atomic mass is 9.92. The third kappa shape index (κ3) is 5.85. The molecule has 22 heavy (non-hydrogen) atoms. The molecule has 1 heterocycles. The van der Waals surface area contributed by atoms with E-state index in [-0.39, 0.29) is 5.91 Å². The summed E-state index contributed by atoms with van der Waals surface area (Å²) in [5, 5.41) is 3.60. The number of carbonyl (C=O) groups excluding carboxylic acids is 1. The van der Waals surface area contributed by atoms with Gasteiger partial charge in [0, 0.05) is 18.1 Å². The first kappa shape index (κ1) is 17.1. The van der Waals surface area contributed by atoms with Crippen LogP contribution < -0.4 is 10.1 Å². The highest BCUT2D eigenvalue weighted by molar-refractivity contribution is 6.30. The van der Waals surface area contributed by atoms with Crippen LogP contribution >= 0.6 is 11.6 Å². The first-order valence-electron chi connectivity index (χ1n) is 7.90. The fourth-order valence-corrected chi connectivity index (χ4v) is 3.20. The van der Waals surface area contributed by atoms with Gasteiger partial charge in [-0.25, -0.2) is 0 Å². The smallest absolute Gasteiger partial charge is 0.234 e. The molecular formula is C17H25ClN2O2. The van der Waals surface area contributed by atoms with E-state index >= 15 is 0 Å². The number of nitrogens with zero attached hydrogens (tertiary/aromatic N) is 1. The van der Waals surface area contributed by atoms with E-state index in [1.54, 1.807) is 12.1 Å². The van der Waals surface area contributed by atoms with Crippen molar-refractivity contribution >= 4 is 17.5 Å². The first-order chi connectivity index (χ1) is 10.5. The molecular weight excluding hydrogens is 300 g/mol. The Hall–Kier alpha value is -1.26. The van der Waals surface area contributed by atoms with Crippen LogP contribution in [0.5, 0.6) is 5.75 Å².